The second-order valence-corrected chi connectivity index (χ2v) is 8.92. The topological polar surface area (TPSA) is 109 Å². The molecule has 0 aliphatic carbocycles. The second kappa shape index (κ2) is 13.9. The van der Waals surface area contributed by atoms with E-state index >= 15 is 0 Å². The summed E-state index contributed by atoms with van der Waals surface area (Å²) in [5.41, 5.74) is 2.77. The molecule has 0 aliphatic heterocycles. The number of nitrogens with one attached hydrogen (secondary N) is 1. The summed E-state index contributed by atoms with van der Waals surface area (Å²) in [6.45, 7) is 2.88. The van der Waals surface area contributed by atoms with Crippen molar-refractivity contribution < 1.29 is 24.2 Å². The van der Waals surface area contributed by atoms with Gasteiger partial charge in [-0.3, -0.25) is 4.79 Å². The van der Waals surface area contributed by atoms with Gasteiger partial charge in [-0.05, 0) is 82.7 Å². The molecule has 190 valence electrons. The van der Waals surface area contributed by atoms with Gasteiger partial charge in [0.05, 0.1) is 16.6 Å². The number of ether oxygens (including phenoxy) is 2. The molecule has 0 saturated carbocycles. The second-order valence-electron chi connectivity index (χ2n) is 8.07. The molecule has 3 aromatic rings. The summed E-state index contributed by atoms with van der Waals surface area (Å²) in [5, 5.41) is 21.4. The number of aryl methyl sites for hydroxylation is 1. The van der Waals surface area contributed by atoms with Crippen molar-refractivity contribution in [1.29, 1.82) is 5.26 Å². The van der Waals surface area contributed by atoms with E-state index in [1.807, 2.05) is 43.3 Å². The number of nitrogens with zero attached hydrogens (tertiary/aromatic N) is 1. The lowest BCUT2D eigenvalue weighted by atomic mass is 10.1. The van der Waals surface area contributed by atoms with Crippen molar-refractivity contribution >= 4 is 33.9 Å². The van der Waals surface area contributed by atoms with Gasteiger partial charge in [-0.25, -0.2) is 4.79 Å². The van der Waals surface area contributed by atoms with Gasteiger partial charge in [0.2, 0.25) is 0 Å². The number of rotatable bonds is 12. The lowest BCUT2D eigenvalue weighted by Gasteiger charge is -2.15. The number of hydrogen-bond acceptors (Lipinski definition) is 5. The van der Waals surface area contributed by atoms with E-state index in [-0.39, 0.29) is 17.7 Å². The van der Waals surface area contributed by atoms with E-state index in [1.54, 1.807) is 24.3 Å². The van der Waals surface area contributed by atoms with E-state index < -0.39 is 11.9 Å². The molecule has 0 aromatic heterocycles. The number of hydrogen-bond donors (Lipinski definition) is 2. The minimum absolute atomic E-state index is 0.0127. The Morgan fingerprint density at radius 2 is 1.78 bits per heavy atom. The van der Waals surface area contributed by atoms with Crippen LogP contribution in [-0.4, -0.2) is 30.1 Å². The smallest absolute Gasteiger partial charge is 0.335 e. The maximum atomic E-state index is 12.6. The number of halogens is 1. The van der Waals surface area contributed by atoms with Gasteiger partial charge in [-0.15, -0.1) is 0 Å². The molecule has 0 radical (unpaired) electrons. The van der Waals surface area contributed by atoms with E-state index in [4.69, 9.17) is 14.6 Å². The molecule has 0 saturated heterocycles. The third-order valence-electron chi connectivity index (χ3n) is 5.36. The molecule has 0 aliphatic rings. The van der Waals surface area contributed by atoms with Gasteiger partial charge in [0, 0.05) is 6.54 Å². The van der Waals surface area contributed by atoms with Crippen molar-refractivity contribution in [3.05, 3.63) is 99.0 Å². The fraction of sp³-hybridized carbons (Fsp3) is 0.207. The summed E-state index contributed by atoms with van der Waals surface area (Å²) in [6, 6.07) is 21.8. The largest absolute Gasteiger partial charge is 0.490 e. The van der Waals surface area contributed by atoms with Gasteiger partial charge in [-0.1, -0.05) is 42.5 Å². The Morgan fingerprint density at radius 3 is 2.43 bits per heavy atom. The van der Waals surface area contributed by atoms with Crippen molar-refractivity contribution in [1.82, 2.24) is 5.32 Å². The summed E-state index contributed by atoms with van der Waals surface area (Å²) in [6.07, 6.45) is 3.11. The first-order valence-corrected chi connectivity index (χ1v) is 12.6. The molecule has 3 aromatic carbocycles. The monoisotopic (exact) mass is 562 g/mol. The number of amides is 1. The Hall–Kier alpha value is -4.09. The number of carboxylic acid groups (broad SMARTS) is 1. The van der Waals surface area contributed by atoms with Gasteiger partial charge >= 0.3 is 5.97 Å². The molecule has 0 unspecified atom stereocenters. The normalized spacial score (nSPS) is 10.9. The lowest BCUT2D eigenvalue weighted by Crippen LogP contribution is -2.25. The summed E-state index contributed by atoms with van der Waals surface area (Å²) < 4.78 is 12.3. The van der Waals surface area contributed by atoms with E-state index in [1.165, 1.54) is 23.8 Å². The standard InChI is InChI=1S/C29H27BrN2O5/c1-2-36-26-17-22(15-24(18-31)28(33)32-14-6-9-20-7-4-3-5-8-20)16-25(30)27(26)37-19-21-10-12-23(13-11-21)29(34)35/h3-5,7-8,10-13,15-17H,2,6,9,14,19H2,1H3,(H,32,33)(H,34,35)/b24-15-. The maximum Gasteiger partial charge on any atom is 0.335 e. The Morgan fingerprint density at radius 1 is 1.05 bits per heavy atom. The average molecular weight is 563 g/mol. The van der Waals surface area contributed by atoms with Crippen LogP contribution in [0.15, 0.2) is 76.8 Å². The first-order chi connectivity index (χ1) is 17.9. The van der Waals surface area contributed by atoms with E-state index in [0.29, 0.717) is 34.7 Å². The van der Waals surface area contributed by atoms with Crippen LogP contribution in [0.2, 0.25) is 0 Å². The first kappa shape index (κ1) is 27.5. The van der Waals surface area contributed by atoms with Gasteiger partial charge in [0.1, 0.15) is 18.2 Å². The summed E-state index contributed by atoms with van der Waals surface area (Å²) in [7, 11) is 0. The summed E-state index contributed by atoms with van der Waals surface area (Å²) in [5.74, 6) is -0.513. The zero-order chi connectivity index (χ0) is 26.6. The Kier molecular flexibility index (Phi) is 10.3. The molecule has 1 amide bonds. The van der Waals surface area contributed by atoms with Crippen LogP contribution in [0.25, 0.3) is 6.08 Å². The number of carbonyl (C=O) groups is 2. The van der Waals surface area contributed by atoms with Crippen molar-refractivity contribution in [2.75, 3.05) is 13.2 Å². The Bertz CT molecular complexity index is 1300. The molecule has 8 heteroatoms. The highest BCUT2D eigenvalue weighted by Gasteiger charge is 2.15. The summed E-state index contributed by atoms with van der Waals surface area (Å²) in [4.78, 5) is 23.6. The highest BCUT2D eigenvalue weighted by molar-refractivity contribution is 9.10. The number of nitriles is 1. The molecule has 37 heavy (non-hydrogen) atoms. The molecule has 0 fully saturated rings. The average Bonchev–Trinajstić information content (AvgIpc) is 2.90. The maximum absolute atomic E-state index is 12.6. The van der Waals surface area contributed by atoms with Crippen molar-refractivity contribution in [2.45, 2.75) is 26.4 Å². The Balaban J connectivity index is 1.68. The molecule has 3 rings (SSSR count). The minimum atomic E-state index is -0.991. The van der Waals surface area contributed by atoms with Crippen LogP contribution < -0.4 is 14.8 Å². The van der Waals surface area contributed by atoms with Crippen molar-refractivity contribution in [2.24, 2.45) is 0 Å². The van der Waals surface area contributed by atoms with Crippen LogP contribution in [0.3, 0.4) is 0 Å². The zero-order valence-corrected chi connectivity index (χ0v) is 22.0. The molecule has 0 atom stereocenters. The van der Waals surface area contributed by atoms with E-state index in [2.05, 4.69) is 21.2 Å². The van der Waals surface area contributed by atoms with E-state index in [0.717, 1.165) is 18.4 Å². The number of carbonyl (C=O) groups excluding carboxylic acids is 1. The molecular formula is C29H27BrN2O5. The van der Waals surface area contributed by atoms with Crippen LogP contribution in [0, 0.1) is 11.3 Å². The molecule has 0 heterocycles. The third-order valence-corrected chi connectivity index (χ3v) is 5.95. The molecular weight excluding hydrogens is 536 g/mol. The predicted octanol–water partition coefficient (Wildman–Crippen LogP) is 5.78. The van der Waals surface area contributed by atoms with Crippen LogP contribution in [-0.2, 0) is 17.8 Å². The minimum Gasteiger partial charge on any atom is -0.490 e. The number of benzene rings is 3. The van der Waals surface area contributed by atoms with Crippen LogP contribution in [0.4, 0.5) is 0 Å². The molecule has 7 nitrogen and oxygen atoms in total. The highest BCUT2D eigenvalue weighted by Crippen LogP contribution is 2.38. The number of aromatic carboxylic acids is 1. The zero-order valence-electron chi connectivity index (χ0n) is 20.4. The molecule has 0 bridgehead atoms. The van der Waals surface area contributed by atoms with Gasteiger partial charge in [-0.2, -0.15) is 5.26 Å². The lowest BCUT2D eigenvalue weighted by molar-refractivity contribution is -0.117. The molecule has 0 spiro atoms. The van der Waals surface area contributed by atoms with E-state index in [9.17, 15) is 14.9 Å². The van der Waals surface area contributed by atoms with Gasteiger partial charge in [0.25, 0.3) is 5.91 Å². The van der Waals surface area contributed by atoms with Gasteiger partial charge < -0.3 is 19.9 Å². The van der Waals surface area contributed by atoms with Crippen LogP contribution >= 0.6 is 15.9 Å². The SMILES string of the molecule is CCOc1cc(/C=C(/C#N)C(=O)NCCCc2ccccc2)cc(Br)c1OCc1ccc(C(=O)O)cc1. The van der Waals surface area contributed by atoms with Gasteiger partial charge in [0.15, 0.2) is 11.5 Å². The van der Waals surface area contributed by atoms with Crippen LogP contribution in [0.1, 0.15) is 40.4 Å². The highest BCUT2D eigenvalue weighted by atomic mass is 79.9. The third kappa shape index (κ3) is 8.23. The fourth-order valence-electron chi connectivity index (χ4n) is 3.52. The van der Waals surface area contributed by atoms with Crippen molar-refractivity contribution in [3.63, 3.8) is 0 Å². The fourth-order valence-corrected chi connectivity index (χ4v) is 4.10. The molecule has 2 N–H and O–H groups in total. The number of carboxylic acids is 1. The van der Waals surface area contributed by atoms with Crippen molar-refractivity contribution in [3.8, 4) is 17.6 Å². The summed E-state index contributed by atoms with van der Waals surface area (Å²) >= 11 is 3.50. The quantitative estimate of drug-likeness (QED) is 0.164. The predicted molar refractivity (Wildman–Crippen MR) is 144 cm³/mol. The van der Waals surface area contributed by atoms with Crippen LogP contribution in [0.5, 0.6) is 11.5 Å². The Labute approximate surface area is 224 Å². The first-order valence-electron chi connectivity index (χ1n) is 11.8.